The number of aryl methyl sites for hydroxylation is 2. The average Bonchev–Trinajstić information content (AvgIpc) is 2.69. The van der Waals surface area contributed by atoms with Crippen LogP contribution in [0.4, 0.5) is 5.69 Å². The van der Waals surface area contributed by atoms with Gasteiger partial charge in [0.1, 0.15) is 0 Å². The van der Waals surface area contributed by atoms with Gasteiger partial charge in [0.2, 0.25) is 0 Å². The van der Waals surface area contributed by atoms with E-state index < -0.39 is 11.8 Å². The fraction of sp³-hybridized carbons (Fsp3) is 0.250. The molecule has 0 bridgehead atoms. The molecule has 2 aromatic rings. The predicted molar refractivity (Wildman–Crippen MR) is 104 cm³/mol. The number of rotatable bonds is 6. The Hall–Kier alpha value is -3.35. The first-order valence-electron chi connectivity index (χ1n) is 8.62. The number of nitrogens with zero attached hydrogens (tertiary/aromatic N) is 1. The van der Waals surface area contributed by atoms with Crippen molar-refractivity contribution in [2.24, 2.45) is 5.10 Å². The molecule has 0 heterocycles. The van der Waals surface area contributed by atoms with Crippen LogP contribution in [0.15, 0.2) is 41.5 Å². The van der Waals surface area contributed by atoms with Crippen molar-refractivity contribution >= 4 is 23.7 Å². The Labute approximate surface area is 158 Å². The lowest BCUT2D eigenvalue weighted by Crippen LogP contribution is -2.33. The summed E-state index contributed by atoms with van der Waals surface area (Å²) >= 11 is 0. The summed E-state index contributed by atoms with van der Waals surface area (Å²) in [5.74, 6) is -1.53. The van der Waals surface area contributed by atoms with Crippen LogP contribution in [0.1, 0.15) is 30.5 Å². The predicted octanol–water partition coefficient (Wildman–Crippen LogP) is 2.61. The van der Waals surface area contributed by atoms with E-state index in [9.17, 15) is 14.7 Å². The number of benzene rings is 2. The van der Waals surface area contributed by atoms with Gasteiger partial charge in [-0.15, -0.1) is 0 Å². The Bertz CT molecular complexity index is 840. The van der Waals surface area contributed by atoms with Gasteiger partial charge in [-0.05, 0) is 36.1 Å². The molecule has 0 fully saturated rings. The average molecular weight is 369 g/mol. The van der Waals surface area contributed by atoms with Crippen LogP contribution in [0.2, 0.25) is 0 Å². The second-order valence-corrected chi connectivity index (χ2v) is 5.71. The van der Waals surface area contributed by atoms with Gasteiger partial charge in [-0.2, -0.15) is 5.10 Å². The van der Waals surface area contributed by atoms with Gasteiger partial charge >= 0.3 is 11.8 Å². The fourth-order valence-electron chi connectivity index (χ4n) is 2.59. The SMILES string of the molecule is CCc1cccc(CC)c1NC(=O)C(=O)N/N=C\c1cccc(OC)c1O. The first kappa shape index (κ1) is 20.0. The molecular formula is C20H23N3O4. The zero-order valence-corrected chi connectivity index (χ0v) is 15.6. The molecule has 2 aromatic carbocycles. The number of para-hydroxylation sites is 2. The zero-order chi connectivity index (χ0) is 19.8. The van der Waals surface area contributed by atoms with Crippen molar-refractivity contribution in [1.82, 2.24) is 5.43 Å². The van der Waals surface area contributed by atoms with Crippen LogP contribution in [0.3, 0.4) is 0 Å². The number of methoxy groups -OCH3 is 1. The van der Waals surface area contributed by atoms with Crippen LogP contribution in [-0.4, -0.2) is 30.2 Å². The number of carbonyl (C=O) groups excluding carboxylic acids is 2. The smallest absolute Gasteiger partial charge is 0.329 e. The van der Waals surface area contributed by atoms with Gasteiger partial charge in [-0.1, -0.05) is 38.1 Å². The Balaban J connectivity index is 2.06. The van der Waals surface area contributed by atoms with Gasteiger partial charge < -0.3 is 15.2 Å². The number of amides is 2. The molecule has 0 aliphatic rings. The lowest BCUT2D eigenvalue weighted by atomic mass is 10.0. The van der Waals surface area contributed by atoms with Gasteiger partial charge in [0.05, 0.1) is 13.3 Å². The molecule has 0 radical (unpaired) electrons. The summed E-state index contributed by atoms with van der Waals surface area (Å²) in [6.45, 7) is 3.96. The van der Waals surface area contributed by atoms with E-state index >= 15 is 0 Å². The van der Waals surface area contributed by atoms with Gasteiger partial charge in [-0.25, -0.2) is 5.43 Å². The number of nitrogens with one attached hydrogen (secondary N) is 2. The molecule has 3 N–H and O–H groups in total. The third-order valence-electron chi connectivity index (χ3n) is 4.06. The molecule has 142 valence electrons. The van der Waals surface area contributed by atoms with Crippen LogP contribution < -0.4 is 15.5 Å². The van der Waals surface area contributed by atoms with Crippen LogP contribution in [0.5, 0.6) is 11.5 Å². The maximum atomic E-state index is 12.2. The van der Waals surface area contributed by atoms with E-state index in [0.717, 1.165) is 24.0 Å². The summed E-state index contributed by atoms with van der Waals surface area (Å²) in [4.78, 5) is 24.2. The number of phenols is 1. The Kier molecular flexibility index (Phi) is 6.93. The molecule has 27 heavy (non-hydrogen) atoms. The molecule has 0 aliphatic heterocycles. The Morgan fingerprint density at radius 1 is 1.07 bits per heavy atom. The number of phenolic OH excluding ortho intramolecular Hbond substituents is 1. The van der Waals surface area contributed by atoms with E-state index in [1.165, 1.54) is 13.3 Å². The normalized spacial score (nSPS) is 10.6. The van der Waals surface area contributed by atoms with Crippen LogP contribution in [0.25, 0.3) is 0 Å². The number of ether oxygens (including phenoxy) is 1. The van der Waals surface area contributed by atoms with E-state index in [0.29, 0.717) is 11.3 Å². The molecule has 0 aromatic heterocycles. The molecule has 7 heteroatoms. The van der Waals surface area contributed by atoms with Crippen molar-refractivity contribution in [1.29, 1.82) is 0 Å². The molecule has 0 unspecified atom stereocenters. The maximum absolute atomic E-state index is 12.2. The number of aromatic hydroxyl groups is 1. The summed E-state index contributed by atoms with van der Waals surface area (Å²) < 4.78 is 5.00. The van der Waals surface area contributed by atoms with Crippen molar-refractivity contribution < 1.29 is 19.4 Å². The zero-order valence-electron chi connectivity index (χ0n) is 15.6. The lowest BCUT2D eigenvalue weighted by Gasteiger charge is -2.13. The molecule has 2 amide bonds. The molecule has 2 rings (SSSR count). The van der Waals surface area contributed by atoms with Crippen molar-refractivity contribution in [3.63, 3.8) is 0 Å². The topological polar surface area (TPSA) is 100 Å². The highest BCUT2D eigenvalue weighted by Crippen LogP contribution is 2.28. The largest absolute Gasteiger partial charge is 0.504 e. The van der Waals surface area contributed by atoms with E-state index in [-0.39, 0.29) is 11.5 Å². The first-order valence-corrected chi connectivity index (χ1v) is 8.62. The fourth-order valence-corrected chi connectivity index (χ4v) is 2.59. The number of hydrogen-bond donors (Lipinski definition) is 3. The molecule has 0 atom stereocenters. The van der Waals surface area contributed by atoms with Crippen molar-refractivity contribution in [2.75, 3.05) is 12.4 Å². The Morgan fingerprint density at radius 3 is 2.30 bits per heavy atom. The number of hydrogen-bond acceptors (Lipinski definition) is 5. The molecule has 0 aliphatic carbocycles. The first-order chi connectivity index (χ1) is 13.0. The summed E-state index contributed by atoms with van der Waals surface area (Å²) in [6.07, 6.45) is 2.71. The van der Waals surface area contributed by atoms with E-state index in [1.807, 2.05) is 32.0 Å². The molecule has 0 spiro atoms. The minimum atomic E-state index is -0.901. The van der Waals surface area contributed by atoms with Gasteiger partial charge in [0.15, 0.2) is 11.5 Å². The number of carbonyl (C=O) groups is 2. The molecule has 0 saturated heterocycles. The highest BCUT2D eigenvalue weighted by Gasteiger charge is 2.16. The van der Waals surface area contributed by atoms with Crippen LogP contribution in [-0.2, 0) is 22.4 Å². The number of anilines is 1. The third kappa shape index (κ3) is 4.84. The van der Waals surface area contributed by atoms with Crippen LogP contribution in [0, 0.1) is 0 Å². The van der Waals surface area contributed by atoms with Crippen molar-refractivity contribution in [3.05, 3.63) is 53.1 Å². The second-order valence-electron chi connectivity index (χ2n) is 5.71. The van der Waals surface area contributed by atoms with Crippen molar-refractivity contribution in [3.8, 4) is 11.5 Å². The second kappa shape index (κ2) is 9.38. The summed E-state index contributed by atoms with van der Waals surface area (Å²) in [5.41, 5.74) is 5.09. The minimum absolute atomic E-state index is 0.105. The molecule has 0 saturated carbocycles. The van der Waals surface area contributed by atoms with Crippen LogP contribution >= 0.6 is 0 Å². The van der Waals surface area contributed by atoms with E-state index in [4.69, 9.17) is 4.74 Å². The number of hydrazone groups is 1. The Morgan fingerprint density at radius 2 is 1.70 bits per heavy atom. The van der Waals surface area contributed by atoms with Gasteiger partial charge in [-0.3, -0.25) is 9.59 Å². The highest BCUT2D eigenvalue weighted by molar-refractivity contribution is 6.39. The van der Waals surface area contributed by atoms with E-state index in [2.05, 4.69) is 15.8 Å². The third-order valence-corrected chi connectivity index (χ3v) is 4.06. The standard InChI is InChI=1S/C20H23N3O4/c1-4-13-8-6-9-14(5-2)17(13)22-19(25)20(26)23-21-12-15-10-7-11-16(27-3)18(15)24/h6-12,24H,4-5H2,1-3H3,(H,22,25)(H,23,26)/b21-12-. The van der Waals surface area contributed by atoms with Gasteiger partial charge in [0, 0.05) is 11.3 Å². The molecular weight excluding hydrogens is 346 g/mol. The minimum Gasteiger partial charge on any atom is -0.504 e. The summed E-state index contributed by atoms with van der Waals surface area (Å²) in [7, 11) is 1.43. The van der Waals surface area contributed by atoms with Gasteiger partial charge in [0.25, 0.3) is 0 Å². The lowest BCUT2D eigenvalue weighted by molar-refractivity contribution is -0.136. The highest BCUT2D eigenvalue weighted by atomic mass is 16.5. The monoisotopic (exact) mass is 369 g/mol. The van der Waals surface area contributed by atoms with Crippen molar-refractivity contribution in [2.45, 2.75) is 26.7 Å². The van der Waals surface area contributed by atoms with E-state index in [1.54, 1.807) is 18.2 Å². The summed E-state index contributed by atoms with van der Waals surface area (Å²) in [6, 6.07) is 10.6. The maximum Gasteiger partial charge on any atom is 0.329 e. The quantitative estimate of drug-likeness (QED) is 0.414. The molecule has 7 nitrogen and oxygen atoms in total. The summed E-state index contributed by atoms with van der Waals surface area (Å²) in [5, 5.41) is 16.4.